The van der Waals surface area contributed by atoms with Gasteiger partial charge in [-0.2, -0.15) is 0 Å². The summed E-state index contributed by atoms with van der Waals surface area (Å²) in [6.45, 7) is 1.29. The van der Waals surface area contributed by atoms with E-state index in [1.807, 2.05) is 6.07 Å². The largest absolute Gasteiger partial charge is 0.343 e. The second kappa shape index (κ2) is 5.64. The lowest BCUT2D eigenvalue weighted by molar-refractivity contribution is -0.129. The molecule has 1 aliphatic heterocycles. The molecule has 1 aromatic rings. The normalized spacial score (nSPS) is 18.7. The van der Waals surface area contributed by atoms with Crippen LogP contribution < -0.4 is 11.1 Å². The van der Waals surface area contributed by atoms with E-state index in [2.05, 4.69) is 5.32 Å². The zero-order chi connectivity index (χ0) is 13.0. The molecule has 18 heavy (non-hydrogen) atoms. The van der Waals surface area contributed by atoms with Crippen LogP contribution in [0.25, 0.3) is 0 Å². The molecule has 0 saturated carbocycles. The summed E-state index contributed by atoms with van der Waals surface area (Å²) >= 11 is 0. The molecule has 96 valence electrons. The van der Waals surface area contributed by atoms with Crippen LogP contribution in [0, 0.1) is 0 Å². The zero-order valence-electron chi connectivity index (χ0n) is 10.1. The Morgan fingerprint density at radius 1 is 1.33 bits per heavy atom. The Morgan fingerprint density at radius 3 is 2.67 bits per heavy atom. The van der Waals surface area contributed by atoms with Crippen LogP contribution in [0.3, 0.4) is 0 Å². The van der Waals surface area contributed by atoms with E-state index in [0.717, 1.165) is 6.42 Å². The van der Waals surface area contributed by atoms with E-state index in [0.29, 0.717) is 18.7 Å². The SMILES string of the molecule is N[C@H]1CCN(C(=O)CNC(=O)c2ccccc2)C1. The molecule has 3 N–H and O–H groups in total. The summed E-state index contributed by atoms with van der Waals surface area (Å²) in [5.74, 6) is -0.306. The lowest BCUT2D eigenvalue weighted by atomic mass is 10.2. The van der Waals surface area contributed by atoms with Gasteiger partial charge in [0.25, 0.3) is 5.91 Å². The van der Waals surface area contributed by atoms with E-state index >= 15 is 0 Å². The van der Waals surface area contributed by atoms with Crippen LogP contribution >= 0.6 is 0 Å². The number of likely N-dealkylation sites (tertiary alicyclic amines) is 1. The van der Waals surface area contributed by atoms with Crippen LogP contribution in [-0.2, 0) is 4.79 Å². The summed E-state index contributed by atoms with van der Waals surface area (Å²) < 4.78 is 0. The first-order chi connectivity index (χ1) is 8.66. The summed E-state index contributed by atoms with van der Waals surface area (Å²) in [7, 11) is 0. The molecule has 1 aromatic carbocycles. The van der Waals surface area contributed by atoms with Crippen LogP contribution in [0.1, 0.15) is 16.8 Å². The number of carbonyl (C=O) groups excluding carboxylic acids is 2. The first kappa shape index (κ1) is 12.6. The van der Waals surface area contributed by atoms with Crippen molar-refractivity contribution in [2.24, 2.45) is 5.73 Å². The molecule has 1 heterocycles. The quantitative estimate of drug-likeness (QED) is 0.788. The van der Waals surface area contributed by atoms with Crippen LogP contribution in [0.15, 0.2) is 30.3 Å². The lowest BCUT2D eigenvalue weighted by Gasteiger charge is -2.15. The summed E-state index contributed by atoms with van der Waals surface area (Å²) in [4.78, 5) is 25.2. The Kier molecular flexibility index (Phi) is 3.94. The number of carbonyl (C=O) groups is 2. The molecule has 0 aliphatic carbocycles. The van der Waals surface area contributed by atoms with Crippen molar-refractivity contribution in [3.8, 4) is 0 Å². The molecule has 5 heteroatoms. The molecule has 0 spiro atoms. The molecule has 2 rings (SSSR count). The first-order valence-electron chi connectivity index (χ1n) is 6.03. The number of rotatable bonds is 3. The molecule has 5 nitrogen and oxygen atoms in total. The zero-order valence-corrected chi connectivity index (χ0v) is 10.1. The third-order valence-electron chi connectivity index (χ3n) is 3.01. The minimum Gasteiger partial charge on any atom is -0.343 e. The second-order valence-corrected chi connectivity index (χ2v) is 4.44. The number of nitrogens with two attached hydrogens (primary N) is 1. The fourth-order valence-electron chi connectivity index (χ4n) is 1.97. The van der Waals surface area contributed by atoms with Gasteiger partial charge in [-0.15, -0.1) is 0 Å². The van der Waals surface area contributed by atoms with Crippen molar-refractivity contribution in [1.82, 2.24) is 10.2 Å². The Labute approximate surface area is 106 Å². The molecule has 1 fully saturated rings. The Balaban J connectivity index is 1.81. The monoisotopic (exact) mass is 247 g/mol. The van der Waals surface area contributed by atoms with E-state index in [4.69, 9.17) is 5.73 Å². The Morgan fingerprint density at radius 2 is 2.06 bits per heavy atom. The van der Waals surface area contributed by atoms with E-state index in [9.17, 15) is 9.59 Å². The molecule has 0 radical (unpaired) electrons. The molecular weight excluding hydrogens is 230 g/mol. The summed E-state index contributed by atoms with van der Waals surface area (Å²) in [6.07, 6.45) is 0.832. The van der Waals surface area contributed by atoms with Crippen molar-refractivity contribution in [2.45, 2.75) is 12.5 Å². The van der Waals surface area contributed by atoms with Crippen LogP contribution in [0.2, 0.25) is 0 Å². The Hall–Kier alpha value is -1.88. The number of nitrogens with zero attached hydrogens (tertiary/aromatic N) is 1. The number of hydrogen-bond acceptors (Lipinski definition) is 3. The highest BCUT2D eigenvalue weighted by atomic mass is 16.2. The summed E-state index contributed by atoms with van der Waals surface area (Å²) in [5, 5.41) is 2.62. The van der Waals surface area contributed by atoms with Crippen molar-refractivity contribution in [3.05, 3.63) is 35.9 Å². The molecule has 0 unspecified atom stereocenters. The predicted octanol–water partition coefficient (Wildman–Crippen LogP) is -0.0240. The van der Waals surface area contributed by atoms with E-state index in [-0.39, 0.29) is 24.4 Å². The molecular formula is C13H17N3O2. The highest BCUT2D eigenvalue weighted by molar-refractivity contribution is 5.96. The number of nitrogens with one attached hydrogen (secondary N) is 1. The first-order valence-corrected chi connectivity index (χ1v) is 6.03. The molecule has 2 amide bonds. The van der Waals surface area contributed by atoms with E-state index in [1.165, 1.54) is 0 Å². The summed E-state index contributed by atoms with van der Waals surface area (Å²) in [5.41, 5.74) is 6.29. The van der Waals surface area contributed by atoms with Gasteiger partial charge in [-0.3, -0.25) is 9.59 Å². The van der Waals surface area contributed by atoms with Crippen molar-refractivity contribution >= 4 is 11.8 Å². The van der Waals surface area contributed by atoms with Gasteiger partial charge in [0.1, 0.15) is 0 Å². The highest BCUT2D eigenvalue weighted by Crippen LogP contribution is 2.06. The van der Waals surface area contributed by atoms with Gasteiger partial charge in [0.15, 0.2) is 0 Å². The van der Waals surface area contributed by atoms with Gasteiger partial charge in [0.2, 0.25) is 5.91 Å². The minimum absolute atomic E-state index is 0.0282. The van der Waals surface area contributed by atoms with Gasteiger partial charge in [0.05, 0.1) is 6.54 Å². The highest BCUT2D eigenvalue weighted by Gasteiger charge is 2.23. The van der Waals surface area contributed by atoms with Gasteiger partial charge in [-0.25, -0.2) is 0 Å². The third-order valence-corrected chi connectivity index (χ3v) is 3.01. The molecule has 1 atom stereocenters. The average Bonchev–Trinajstić information content (AvgIpc) is 2.83. The maximum Gasteiger partial charge on any atom is 0.251 e. The number of hydrogen-bond donors (Lipinski definition) is 2. The van der Waals surface area contributed by atoms with Gasteiger partial charge in [-0.05, 0) is 18.6 Å². The van der Waals surface area contributed by atoms with Crippen molar-refractivity contribution in [3.63, 3.8) is 0 Å². The summed E-state index contributed by atoms with van der Waals surface area (Å²) in [6, 6.07) is 8.91. The van der Waals surface area contributed by atoms with Crippen LogP contribution in [-0.4, -0.2) is 42.4 Å². The second-order valence-electron chi connectivity index (χ2n) is 4.44. The number of benzene rings is 1. The average molecular weight is 247 g/mol. The molecule has 0 aromatic heterocycles. The van der Waals surface area contributed by atoms with Gasteiger partial charge in [0, 0.05) is 24.7 Å². The van der Waals surface area contributed by atoms with Crippen molar-refractivity contribution < 1.29 is 9.59 Å². The lowest BCUT2D eigenvalue weighted by Crippen LogP contribution is -2.40. The maximum absolute atomic E-state index is 11.8. The molecule has 0 bridgehead atoms. The Bertz CT molecular complexity index is 433. The number of amides is 2. The van der Waals surface area contributed by atoms with E-state index < -0.39 is 0 Å². The molecule has 1 saturated heterocycles. The van der Waals surface area contributed by atoms with Gasteiger partial charge < -0.3 is 16.0 Å². The predicted molar refractivity (Wildman–Crippen MR) is 67.9 cm³/mol. The minimum atomic E-state index is -0.229. The van der Waals surface area contributed by atoms with Crippen molar-refractivity contribution in [2.75, 3.05) is 19.6 Å². The maximum atomic E-state index is 11.8. The van der Waals surface area contributed by atoms with Crippen LogP contribution in [0.4, 0.5) is 0 Å². The molecule has 1 aliphatic rings. The topological polar surface area (TPSA) is 75.4 Å². The fraction of sp³-hybridized carbons (Fsp3) is 0.385. The van der Waals surface area contributed by atoms with Gasteiger partial charge >= 0.3 is 0 Å². The van der Waals surface area contributed by atoms with Crippen LogP contribution in [0.5, 0.6) is 0 Å². The fourth-order valence-corrected chi connectivity index (χ4v) is 1.97. The van der Waals surface area contributed by atoms with E-state index in [1.54, 1.807) is 29.2 Å². The third kappa shape index (κ3) is 3.07. The van der Waals surface area contributed by atoms with Gasteiger partial charge in [-0.1, -0.05) is 18.2 Å². The smallest absolute Gasteiger partial charge is 0.251 e. The van der Waals surface area contributed by atoms with Crippen molar-refractivity contribution in [1.29, 1.82) is 0 Å². The standard InChI is InChI=1S/C13H17N3O2/c14-11-6-7-16(9-11)12(17)8-15-13(18)10-4-2-1-3-5-10/h1-5,11H,6-9,14H2,(H,15,18)/t11-/m0/s1.